The van der Waals surface area contributed by atoms with E-state index in [1.54, 1.807) is 12.1 Å². The third kappa shape index (κ3) is 4.21. The lowest BCUT2D eigenvalue weighted by Crippen LogP contribution is -2.18. The first kappa shape index (κ1) is 13.8. The molecule has 102 valence electrons. The largest absolute Gasteiger partial charge is 0.465 e. The Morgan fingerprint density at radius 1 is 1.37 bits per heavy atom. The summed E-state index contributed by atoms with van der Waals surface area (Å²) in [5.41, 5.74) is 3.11. The number of hydrogen-bond acceptors (Lipinski definition) is 3. The molecule has 1 fully saturated rings. The van der Waals surface area contributed by atoms with E-state index in [0.717, 1.165) is 24.6 Å². The quantitative estimate of drug-likeness (QED) is 0.798. The molecule has 0 amide bonds. The topological polar surface area (TPSA) is 38.3 Å². The highest BCUT2D eigenvalue weighted by atomic mass is 16.5. The van der Waals surface area contributed by atoms with E-state index in [4.69, 9.17) is 0 Å². The Hall–Kier alpha value is -1.61. The summed E-state index contributed by atoms with van der Waals surface area (Å²) in [6, 6.07) is 8.26. The smallest absolute Gasteiger partial charge is 0.337 e. The zero-order valence-electron chi connectivity index (χ0n) is 11.6. The molecule has 0 spiro atoms. The van der Waals surface area contributed by atoms with Crippen molar-refractivity contribution >= 4 is 12.0 Å². The van der Waals surface area contributed by atoms with Crippen molar-refractivity contribution < 1.29 is 9.53 Å². The van der Waals surface area contributed by atoms with Crippen LogP contribution in [0.4, 0.5) is 0 Å². The third-order valence-electron chi connectivity index (χ3n) is 3.35. The van der Waals surface area contributed by atoms with Gasteiger partial charge in [0.2, 0.25) is 0 Å². The summed E-state index contributed by atoms with van der Waals surface area (Å²) in [5, 5.41) is 3.52. The van der Waals surface area contributed by atoms with Gasteiger partial charge in [-0.05, 0) is 37.0 Å². The Balaban J connectivity index is 2.00. The lowest BCUT2D eigenvalue weighted by Gasteiger charge is -2.06. The fourth-order valence-corrected chi connectivity index (χ4v) is 1.91. The Morgan fingerprint density at radius 2 is 2.05 bits per heavy atom. The SMILES string of the molecule is CCC(=Cc1ccc(C(=O)OC)cc1)CNC1CC1. The summed E-state index contributed by atoms with van der Waals surface area (Å²) in [4.78, 5) is 11.3. The van der Waals surface area contributed by atoms with Gasteiger partial charge in [0.1, 0.15) is 0 Å². The van der Waals surface area contributed by atoms with Crippen LogP contribution in [0.5, 0.6) is 0 Å². The molecule has 0 saturated heterocycles. The van der Waals surface area contributed by atoms with E-state index in [-0.39, 0.29) is 5.97 Å². The highest BCUT2D eigenvalue weighted by Crippen LogP contribution is 2.19. The van der Waals surface area contributed by atoms with Crippen LogP contribution >= 0.6 is 0 Å². The van der Waals surface area contributed by atoms with Gasteiger partial charge in [-0.25, -0.2) is 4.79 Å². The zero-order chi connectivity index (χ0) is 13.7. The van der Waals surface area contributed by atoms with Crippen molar-refractivity contribution in [1.82, 2.24) is 5.32 Å². The zero-order valence-corrected chi connectivity index (χ0v) is 11.6. The van der Waals surface area contributed by atoms with E-state index in [2.05, 4.69) is 23.1 Å². The van der Waals surface area contributed by atoms with E-state index in [1.807, 2.05) is 12.1 Å². The summed E-state index contributed by atoms with van der Waals surface area (Å²) in [5.74, 6) is -0.290. The molecule has 1 N–H and O–H groups in total. The molecule has 0 unspecified atom stereocenters. The Kier molecular flexibility index (Phi) is 4.74. The van der Waals surface area contributed by atoms with Crippen molar-refractivity contribution in [3.8, 4) is 0 Å². The first-order valence-corrected chi connectivity index (χ1v) is 6.84. The van der Waals surface area contributed by atoms with Crippen molar-refractivity contribution in [2.45, 2.75) is 32.2 Å². The normalized spacial score (nSPS) is 15.4. The number of nitrogens with one attached hydrogen (secondary N) is 1. The maximum atomic E-state index is 11.3. The number of ether oxygens (including phenoxy) is 1. The van der Waals surface area contributed by atoms with Gasteiger partial charge in [-0.15, -0.1) is 0 Å². The standard InChI is InChI=1S/C16H21NO2/c1-3-12(11-17-15-8-9-15)10-13-4-6-14(7-5-13)16(18)19-2/h4-7,10,15,17H,3,8-9,11H2,1-2H3. The van der Waals surface area contributed by atoms with Gasteiger partial charge in [0.15, 0.2) is 0 Å². The van der Waals surface area contributed by atoms with Crippen LogP contribution in [-0.4, -0.2) is 25.7 Å². The fraction of sp³-hybridized carbons (Fsp3) is 0.438. The molecule has 0 radical (unpaired) electrons. The molecule has 3 nitrogen and oxygen atoms in total. The lowest BCUT2D eigenvalue weighted by molar-refractivity contribution is 0.0601. The summed E-state index contributed by atoms with van der Waals surface area (Å²) in [7, 11) is 1.40. The van der Waals surface area contributed by atoms with Gasteiger partial charge in [-0.3, -0.25) is 0 Å². The number of carbonyl (C=O) groups is 1. The van der Waals surface area contributed by atoms with E-state index in [9.17, 15) is 4.79 Å². The van der Waals surface area contributed by atoms with Gasteiger partial charge in [0, 0.05) is 12.6 Å². The van der Waals surface area contributed by atoms with Crippen molar-refractivity contribution in [3.63, 3.8) is 0 Å². The second kappa shape index (κ2) is 6.53. The first-order valence-electron chi connectivity index (χ1n) is 6.84. The molecular weight excluding hydrogens is 238 g/mol. The number of rotatable bonds is 6. The van der Waals surface area contributed by atoms with E-state index in [1.165, 1.54) is 25.5 Å². The summed E-state index contributed by atoms with van der Waals surface area (Å²) >= 11 is 0. The number of benzene rings is 1. The Bertz CT molecular complexity index is 458. The van der Waals surface area contributed by atoms with Gasteiger partial charge in [-0.1, -0.05) is 30.7 Å². The lowest BCUT2D eigenvalue weighted by atomic mass is 10.1. The molecular formula is C16H21NO2. The van der Waals surface area contributed by atoms with Crippen LogP contribution in [0.15, 0.2) is 29.8 Å². The molecule has 1 aliphatic rings. The predicted octanol–water partition coefficient (Wildman–Crippen LogP) is 3.02. The minimum atomic E-state index is -0.290. The maximum Gasteiger partial charge on any atom is 0.337 e. The van der Waals surface area contributed by atoms with Crippen molar-refractivity contribution in [1.29, 1.82) is 0 Å². The van der Waals surface area contributed by atoms with Gasteiger partial charge < -0.3 is 10.1 Å². The molecule has 2 rings (SSSR count). The number of hydrogen-bond donors (Lipinski definition) is 1. The van der Waals surface area contributed by atoms with E-state index < -0.39 is 0 Å². The Morgan fingerprint density at radius 3 is 2.58 bits per heavy atom. The summed E-state index contributed by atoms with van der Waals surface area (Å²) in [6.07, 6.45) is 5.85. The molecule has 0 bridgehead atoms. The van der Waals surface area contributed by atoms with Gasteiger partial charge in [-0.2, -0.15) is 0 Å². The second-order valence-electron chi connectivity index (χ2n) is 4.92. The van der Waals surface area contributed by atoms with Crippen LogP contribution in [-0.2, 0) is 4.74 Å². The van der Waals surface area contributed by atoms with Crippen LogP contribution in [0.1, 0.15) is 42.1 Å². The third-order valence-corrected chi connectivity index (χ3v) is 3.35. The highest BCUT2D eigenvalue weighted by Gasteiger charge is 2.19. The molecule has 0 aromatic heterocycles. The molecule has 3 heteroatoms. The maximum absolute atomic E-state index is 11.3. The number of methoxy groups -OCH3 is 1. The van der Waals surface area contributed by atoms with Crippen LogP contribution in [0.25, 0.3) is 6.08 Å². The molecule has 0 aliphatic heterocycles. The minimum Gasteiger partial charge on any atom is -0.465 e. The molecule has 0 atom stereocenters. The monoisotopic (exact) mass is 259 g/mol. The molecule has 1 saturated carbocycles. The van der Waals surface area contributed by atoms with Crippen LogP contribution < -0.4 is 5.32 Å². The molecule has 0 heterocycles. The number of carbonyl (C=O) groups excluding carboxylic acids is 1. The second-order valence-corrected chi connectivity index (χ2v) is 4.92. The average molecular weight is 259 g/mol. The van der Waals surface area contributed by atoms with Crippen LogP contribution in [0.2, 0.25) is 0 Å². The van der Waals surface area contributed by atoms with Crippen molar-refractivity contribution in [3.05, 3.63) is 41.0 Å². The fourth-order valence-electron chi connectivity index (χ4n) is 1.91. The van der Waals surface area contributed by atoms with Crippen molar-refractivity contribution in [2.24, 2.45) is 0 Å². The summed E-state index contributed by atoms with van der Waals surface area (Å²) in [6.45, 7) is 3.13. The minimum absolute atomic E-state index is 0.290. The summed E-state index contributed by atoms with van der Waals surface area (Å²) < 4.78 is 4.69. The van der Waals surface area contributed by atoms with Gasteiger partial charge in [0.05, 0.1) is 12.7 Å². The predicted molar refractivity (Wildman–Crippen MR) is 77.1 cm³/mol. The van der Waals surface area contributed by atoms with Gasteiger partial charge in [0.25, 0.3) is 0 Å². The van der Waals surface area contributed by atoms with Crippen LogP contribution in [0, 0.1) is 0 Å². The molecule has 1 aliphatic carbocycles. The Labute approximate surface area is 114 Å². The van der Waals surface area contributed by atoms with Crippen LogP contribution in [0.3, 0.4) is 0 Å². The van der Waals surface area contributed by atoms with Crippen molar-refractivity contribution in [2.75, 3.05) is 13.7 Å². The van der Waals surface area contributed by atoms with Gasteiger partial charge >= 0.3 is 5.97 Å². The average Bonchev–Trinajstić information content (AvgIpc) is 3.27. The molecule has 1 aromatic rings. The highest BCUT2D eigenvalue weighted by molar-refractivity contribution is 5.89. The first-order chi connectivity index (χ1) is 9.22. The molecule has 19 heavy (non-hydrogen) atoms. The molecule has 1 aromatic carbocycles. The van der Waals surface area contributed by atoms with E-state index in [0.29, 0.717) is 5.56 Å². The van der Waals surface area contributed by atoms with E-state index >= 15 is 0 Å². The number of esters is 1.